The summed E-state index contributed by atoms with van der Waals surface area (Å²) in [6, 6.07) is 6.43. The first kappa shape index (κ1) is 17.3. The zero-order valence-corrected chi connectivity index (χ0v) is 13.9. The number of aromatic nitrogens is 2. The molecular formula is C17H19N5O2. The molecule has 2 amide bonds. The summed E-state index contributed by atoms with van der Waals surface area (Å²) in [7, 11) is 1.37. The van der Waals surface area contributed by atoms with Gasteiger partial charge in [0.15, 0.2) is 6.19 Å². The van der Waals surface area contributed by atoms with Crippen molar-refractivity contribution in [2.24, 2.45) is 5.92 Å². The second-order valence-electron chi connectivity index (χ2n) is 5.90. The van der Waals surface area contributed by atoms with E-state index in [0.29, 0.717) is 17.5 Å². The molecule has 0 aliphatic rings. The van der Waals surface area contributed by atoms with E-state index in [9.17, 15) is 9.59 Å². The first-order valence-electron chi connectivity index (χ1n) is 7.62. The van der Waals surface area contributed by atoms with Crippen molar-refractivity contribution in [2.45, 2.75) is 26.3 Å². The maximum Gasteiger partial charge on any atom is 0.272 e. The molecule has 0 aliphatic heterocycles. The summed E-state index contributed by atoms with van der Waals surface area (Å²) >= 11 is 0. The Bertz CT molecular complexity index is 797. The highest BCUT2D eigenvalue weighted by atomic mass is 16.2. The van der Waals surface area contributed by atoms with E-state index in [1.165, 1.54) is 13.2 Å². The normalized spacial score (nSPS) is 11.8. The Labute approximate surface area is 140 Å². The molecule has 0 fully saturated rings. The minimum Gasteiger partial charge on any atom is -0.339 e. The molecule has 0 bridgehead atoms. The third-order valence-corrected chi connectivity index (χ3v) is 3.47. The number of carbonyl (C=O) groups is 2. The van der Waals surface area contributed by atoms with Gasteiger partial charge in [0.05, 0.1) is 17.2 Å². The summed E-state index contributed by atoms with van der Waals surface area (Å²) in [6.45, 7) is 3.88. The zero-order valence-electron chi connectivity index (χ0n) is 13.9. The van der Waals surface area contributed by atoms with Gasteiger partial charge in [-0.25, -0.2) is 4.98 Å². The van der Waals surface area contributed by atoms with Crippen molar-refractivity contribution in [3.8, 4) is 6.19 Å². The summed E-state index contributed by atoms with van der Waals surface area (Å²) in [6.07, 6.45) is 3.57. The molecule has 2 rings (SSSR count). The van der Waals surface area contributed by atoms with Crippen molar-refractivity contribution in [3.05, 3.63) is 36.2 Å². The molecule has 1 N–H and O–H groups in total. The van der Waals surface area contributed by atoms with E-state index in [-0.39, 0.29) is 11.6 Å². The second kappa shape index (κ2) is 7.51. The van der Waals surface area contributed by atoms with Crippen LogP contribution in [0.4, 0.5) is 0 Å². The number of hydrogen-bond acceptors (Lipinski definition) is 5. The van der Waals surface area contributed by atoms with Crippen molar-refractivity contribution < 1.29 is 9.59 Å². The van der Waals surface area contributed by atoms with Gasteiger partial charge in [-0.3, -0.25) is 19.5 Å². The van der Waals surface area contributed by atoms with Crippen molar-refractivity contribution in [1.29, 1.82) is 5.26 Å². The molecule has 7 heteroatoms. The van der Waals surface area contributed by atoms with Crippen LogP contribution in [0, 0.1) is 17.4 Å². The van der Waals surface area contributed by atoms with Crippen molar-refractivity contribution in [2.75, 3.05) is 7.05 Å². The summed E-state index contributed by atoms with van der Waals surface area (Å²) in [4.78, 5) is 34.0. The fraction of sp³-hybridized carbons (Fsp3) is 0.353. The molecule has 1 heterocycles. The molecular weight excluding hydrogens is 306 g/mol. The Hall–Kier alpha value is -3.01. The number of nitrogens with zero attached hydrogens (tertiary/aromatic N) is 4. The average Bonchev–Trinajstić information content (AvgIpc) is 2.58. The van der Waals surface area contributed by atoms with Gasteiger partial charge >= 0.3 is 0 Å². The van der Waals surface area contributed by atoms with Crippen LogP contribution in [0.3, 0.4) is 0 Å². The standard InChI is InChI=1S/C17H19N5O2/c1-11(2)8-14(17(24)22(3)10-18)21-16(23)15-9-19-12-6-4-5-7-13(12)20-15/h4-7,9,11,14H,8H2,1-3H3,(H,21,23)/t14-/m1/s1. The number of carbonyl (C=O) groups excluding carboxylic acids is 2. The summed E-state index contributed by atoms with van der Waals surface area (Å²) in [5.74, 6) is -0.763. The Balaban J connectivity index is 2.22. The van der Waals surface area contributed by atoms with Crippen LogP contribution >= 0.6 is 0 Å². The summed E-state index contributed by atoms with van der Waals surface area (Å²) < 4.78 is 0. The Morgan fingerprint density at radius 1 is 1.29 bits per heavy atom. The van der Waals surface area contributed by atoms with Crippen LogP contribution in [-0.4, -0.2) is 39.8 Å². The lowest BCUT2D eigenvalue weighted by Crippen LogP contribution is -2.47. The molecule has 2 aromatic rings. The quantitative estimate of drug-likeness (QED) is 0.666. The average molecular weight is 325 g/mol. The number of fused-ring (bicyclic) bond motifs is 1. The van der Waals surface area contributed by atoms with Gasteiger partial charge in [-0.05, 0) is 24.5 Å². The molecule has 0 saturated carbocycles. The van der Waals surface area contributed by atoms with E-state index in [1.54, 1.807) is 18.3 Å². The number of likely N-dealkylation sites (N-methyl/N-ethyl adjacent to an activating group) is 1. The molecule has 0 spiro atoms. The fourth-order valence-corrected chi connectivity index (χ4v) is 2.27. The van der Waals surface area contributed by atoms with Gasteiger partial charge in [-0.15, -0.1) is 0 Å². The number of benzene rings is 1. The molecule has 0 saturated heterocycles. The fourth-order valence-electron chi connectivity index (χ4n) is 2.27. The van der Waals surface area contributed by atoms with Crippen molar-refractivity contribution in [1.82, 2.24) is 20.2 Å². The van der Waals surface area contributed by atoms with Crippen LogP contribution in [0.1, 0.15) is 30.8 Å². The monoisotopic (exact) mass is 325 g/mol. The Kier molecular flexibility index (Phi) is 5.42. The third-order valence-electron chi connectivity index (χ3n) is 3.47. The number of para-hydroxylation sites is 2. The minimum atomic E-state index is -0.782. The van der Waals surface area contributed by atoms with Gasteiger partial charge < -0.3 is 5.32 Å². The zero-order chi connectivity index (χ0) is 17.7. The first-order chi connectivity index (χ1) is 11.4. The van der Waals surface area contributed by atoms with Gasteiger partial charge in [-0.2, -0.15) is 5.26 Å². The second-order valence-corrected chi connectivity index (χ2v) is 5.90. The van der Waals surface area contributed by atoms with E-state index >= 15 is 0 Å². The number of nitriles is 1. The van der Waals surface area contributed by atoms with Crippen LogP contribution < -0.4 is 5.32 Å². The van der Waals surface area contributed by atoms with Crippen LogP contribution in [0.5, 0.6) is 0 Å². The molecule has 24 heavy (non-hydrogen) atoms. The summed E-state index contributed by atoms with van der Waals surface area (Å²) in [5.41, 5.74) is 1.42. The maximum atomic E-state index is 12.4. The third kappa shape index (κ3) is 4.04. The molecule has 7 nitrogen and oxygen atoms in total. The van der Waals surface area contributed by atoms with Gasteiger partial charge in [0.25, 0.3) is 11.8 Å². The molecule has 0 aliphatic carbocycles. The lowest BCUT2D eigenvalue weighted by Gasteiger charge is -2.21. The minimum absolute atomic E-state index is 0.134. The Morgan fingerprint density at radius 2 is 1.96 bits per heavy atom. The van der Waals surface area contributed by atoms with E-state index in [4.69, 9.17) is 5.26 Å². The number of amides is 2. The molecule has 1 aromatic carbocycles. The number of rotatable bonds is 5. The molecule has 0 radical (unpaired) electrons. The van der Waals surface area contributed by atoms with Gasteiger partial charge in [0.1, 0.15) is 11.7 Å². The van der Waals surface area contributed by atoms with Crippen LogP contribution in [0.2, 0.25) is 0 Å². The van der Waals surface area contributed by atoms with Crippen molar-refractivity contribution >= 4 is 22.8 Å². The molecule has 124 valence electrons. The molecule has 1 atom stereocenters. The Morgan fingerprint density at radius 3 is 2.58 bits per heavy atom. The van der Waals surface area contributed by atoms with E-state index in [2.05, 4.69) is 15.3 Å². The molecule has 0 unspecified atom stereocenters. The maximum absolute atomic E-state index is 12.4. The summed E-state index contributed by atoms with van der Waals surface area (Å²) in [5, 5.41) is 11.5. The highest BCUT2D eigenvalue weighted by Gasteiger charge is 2.26. The highest BCUT2D eigenvalue weighted by Crippen LogP contribution is 2.11. The largest absolute Gasteiger partial charge is 0.339 e. The predicted molar refractivity (Wildman–Crippen MR) is 88.6 cm³/mol. The van der Waals surface area contributed by atoms with Crippen LogP contribution in [-0.2, 0) is 4.79 Å². The first-order valence-corrected chi connectivity index (χ1v) is 7.62. The van der Waals surface area contributed by atoms with E-state index < -0.39 is 17.9 Å². The van der Waals surface area contributed by atoms with Gasteiger partial charge in [0.2, 0.25) is 0 Å². The molecule has 1 aromatic heterocycles. The van der Waals surface area contributed by atoms with E-state index in [1.807, 2.05) is 26.0 Å². The topological polar surface area (TPSA) is 99.0 Å². The van der Waals surface area contributed by atoms with Crippen molar-refractivity contribution in [3.63, 3.8) is 0 Å². The van der Waals surface area contributed by atoms with Crippen LogP contribution in [0.25, 0.3) is 11.0 Å². The SMILES string of the molecule is CC(C)C[C@@H](NC(=O)c1cnc2ccccc2n1)C(=O)N(C)C#N. The lowest BCUT2D eigenvalue weighted by atomic mass is 10.0. The lowest BCUT2D eigenvalue weighted by molar-refractivity contribution is -0.129. The number of nitrogens with one attached hydrogen (secondary N) is 1. The van der Waals surface area contributed by atoms with Gasteiger partial charge in [0, 0.05) is 7.05 Å². The highest BCUT2D eigenvalue weighted by molar-refractivity contribution is 5.97. The smallest absolute Gasteiger partial charge is 0.272 e. The van der Waals surface area contributed by atoms with Crippen LogP contribution in [0.15, 0.2) is 30.5 Å². The number of hydrogen-bond donors (Lipinski definition) is 1. The van der Waals surface area contributed by atoms with E-state index in [0.717, 1.165) is 4.90 Å². The van der Waals surface area contributed by atoms with Gasteiger partial charge in [-0.1, -0.05) is 26.0 Å². The predicted octanol–water partition coefficient (Wildman–Crippen LogP) is 1.71.